The van der Waals surface area contributed by atoms with Crippen LogP contribution in [0.1, 0.15) is 35.4 Å². The summed E-state index contributed by atoms with van der Waals surface area (Å²) in [5.74, 6) is -0.164. The largest absolute Gasteiger partial charge is 0.376 e. The first kappa shape index (κ1) is 23.4. The highest BCUT2D eigenvalue weighted by molar-refractivity contribution is 6.33. The number of hydrogen-bond donors (Lipinski definition) is 0. The van der Waals surface area contributed by atoms with Crippen molar-refractivity contribution in [3.05, 3.63) is 53.1 Å². The first-order valence-corrected chi connectivity index (χ1v) is 11.9. The number of ether oxygens (including phenoxy) is 1. The van der Waals surface area contributed by atoms with Crippen LogP contribution in [0.5, 0.6) is 0 Å². The van der Waals surface area contributed by atoms with Gasteiger partial charge in [0.25, 0.3) is 5.91 Å². The molecule has 0 N–H and O–H groups in total. The first-order chi connectivity index (χ1) is 16.0. The maximum Gasteiger partial charge on any atom is 0.274 e. The van der Waals surface area contributed by atoms with Crippen LogP contribution in [-0.4, -0.2) is 83.6 Å². The van der Waals surface area contributed by atoms with Gasteiger partial charge in [0, 0.05) is 58.5 Å². The van der Waals surface area contributed by atoms with Crippen molar-refractivity contribution in [2.75, 3.05) is 50.8 Å². The number of halogens is 1. The van der Waals surface area contributed by atoms with E-state index in [-0.39, 0.29) is 24.3 Å². The summed E-state index contributed by atoms with van der Waals surface area (Å²) in [6.45, 7) is 6.06. The van der Waals surface area contributed by atoms with Gasteiger partial charge in [0.1, 0.15) is 5.69 Å². The predicted molar refractivity (Wildman–Crippen MR) is 127 cm³/mol. The summed E-state index contributed by atoms with van der Waals surface area (Å²) in [7, 11) is 0. The lowest BCUT2D eigenvalue weighted by Crippen LogP contribution is -2.49. The van der Waals surface area contributed by atoms with Crippen LogP contribution in [0.4, 0.5) is 5.69 Å². The van der Waals surface area contributed by atoms with E-state index in [1.165, 1.54) is 6.20 Å². The van der Waals surface area contributed by atoms with Gasteiger partial charge in [-0.15, -0.1) is 0 Å². The summed E-state index contributed by atoms with van der Waals surface area (Å²) < 4.78 is 5.73. The number of benzene rings is 1. The van der Waals surface area contributed by atoms with Crippen molar-refractivity contribution in [3.8, 4) is 0 Å². The third-order valence-corrected chi connectivity index (χ3v) is 6.48. The van der Waals surface area contributed by atoms with Crippen molar-refractivity contribution in [1.82, 2.24) is 19.8 Å². The quantitative estimate of drug-likeness (QED) is 0.618. The summed E-state index contributed by atoms with van der Waals surface area (Å²) in [5.41, 5.74) is 2.04. The lowest BCUT2D eigenvalue weighted by molar-refractivity contribution is -0.131. The smallest absolute Gasteiger partial charge is 0.274 e. The van der Waals surface area contributed by atoms with E-state index in [1.54, 1.807) is 11.1 Å². The number of carbonyl (C=O) groups is 2. The van der Waals surface area contributed by atoms with Crippen LogP contribution >= 0.6 is 11.6 Å². The molecular weight excluding hydrogens is 442 g/mol. The minimum Gasteiger partial charge on any atom is -0.376 e. The number of aryl methyl sites for hydroxylation is 1. The molecule has 33 heavy (non-hydrogen) atoms. The van der Waals surface area contributed by atoms with Gasteiger partial charge >= 0.3 is 0 Å². The summed E-state index contributed by atoms with van der Waals surface area (Å²) in [6, 6.07) is 7.77. The van der Waals surface area contributed by atoms with Gasteiger partial charge in [-0.1, -0.05) is 23.7 Å². The van der Waals surface area contributed by atoms with E-state index in [0.717, 1.165) is 42.3 Å². The Kier molecular flexibility index (Phi) is 7.77. The second-order valence-electron chi connectivity index (χ2n) is 8.50. The van der Waals surface area contributed by atoms with Gasteiger partial charge < -0.3 is 19.4 Å². The van der Waals surface area contributed by atoms with Gasteiger partial charge in [0.15, 0.2) is 0 Å². The highest BCUT2D eigenvalue weighted by atomic mass is 35.5. The molecule has 0 saturated carbocycles. The Balaban J connectivity index is 1.34. The number of aromatic nitrogens is 2. The van der Waals surface area contributed by atoms with Gasteiger partial charge in [0.2, 0.25) is 5.91 Å². The van der Waals surface area contributed by atoms with Crippen LogP contribution < -0.4 is 4.90 Å². The molecule has 0 spiro atoms. The van der Waals surface area contributed by atoms with E-state index in [0.29, 0.717) is 38.5 Å². The molecule has 1 unspecified atom stereocenters. The van der Waals surface area contributed by atoms with Crippen molar-refractivity contribution >= 4 is 29.1 Å². The predicted octanol–water partition coefficient (Wildman–Crippen LogP) is 2.80. The van der Waals surface area contributed by atoms with Crippen molar-refractivity contribution in [2.45, 2.75) is 32.3 Å². The average Bonchev–Trinajstić information content (AvgIpc) is 3.35. The Morgan fingerprint density at radius 1 is 1.15 bits per heavy atom. The van der Waals surface area contributed by atoms with Gasteiger partial charge in [0.05, 0.1) is 28.7 Å². The SMILES string of the molecule is Cc1cnc(C(=O)N(CCC(=O)N2CCN(c3ccccc3Cl)CC2)CC2CCCO2)cn1. The van der Waals surface area contributed by atoms with E-state index in [2.05, 4.69) is 14.9 Å². The monoisotopic (exact) mass is 471 g/mol. The van der Waals surface area contributed by atoms with Gasteiger partial charge in [-0.25, -0.2) is 4.98 Å². The maximum atomic E-state index is 13.1. The molecule has 2 aliphatic heterocycles. The zero-order chi connectivity index (χ0) is 23.2. The number of piperazine rings is 1. The second kappa shape index (κ2) is 10.9. The molecule has 176 valence electrons. The second-order valence-corrected chi connectivity index (χ2v) is 8.91. The Morgan fingerprint density at radius 3 is 2.61 bits per heavy atom. The molecule has 8 nitrogen and oxygen atoms in total. The third-order valence-electron chi connectivity index (χ3n) is 6.16. The van der Waals surface area contributed by atoms with Crippen LogP contribution in [0.15, 0.2) is 36.7 Å². The fraction of sp³-hybridized carbons (Fsp3) is 0.500. The Labute approximate surface area is 199 Å². The molecule has 1 atom stereocenters. The minimum atomic E-state index is -0.214. The lowest BCUT2D eigenvalue weighted by atomic mass is 10.2. The van der Waals surface area contributed by atoms with E-state index in [1.807, 2.05) is 36.1 Å². The van der Waals surface area contributed by atoms with Gasteiger partial charge in [-0.05, 0) is 31.9 Å². The number of amides is 2. The molecule has 2 aromatic rings. The lowest BCUT2D eigenvalue weighted by Gasteiger charge is -2.37. The molecule has 3 heterocycles. The van der Waals surface area contributed by atoms with Crippen molar-refractivity contribution < 1.29 is 14.3 Å². The van der Waals surface area contributed by atoms with Crippen LogP contribution in [0.25, 0.3) is 0 Å². The van der Waals surface area contributed by atoms with Crippen LogP contribution in [0.2, 0.25) is 5.02 Å². The normalized spacial score (nSPS) is 18.4. The molecule has 9 heteroatoms. The number of rotatable bonds is 7. The standard InChI is InChI=1S/C24H30ClN5O3/c1-18-15-27-21(16-26-18)24(32)30(17-19-5-4-14-33-19)9-8-23(31)29-12-10-28(11-13-29)22-7-3-2-6-20(22)25/h2-3,6-7,15-16,19H,4-5,8-14,17H2,1H3. The maximum absolute atomic E-state index is 13.1. The zero-order valence-corrected chi connectivity index (χ0v) is 19.7. The van der Waals surface area contributed by atoms with E-state index in [4.69, 9.17) is 16.3 Å². The summed E-state index contributed by atoms with van der Waals surface area (Å²) in [5, 5.41) is 0.722. The fourth-order valence-electron chi connectivity index (χ4n) is 4.27. The molecule has 1 aromatic carbocycles. The molecular formula is C24H30ClN5O3. The van der Waals surface area contributed by atoms with Gasteiger partial charge in [-0.3, -0.25) is 14.6 Å². The third kappa shape index (κ3) is 6.00. The van der Waals surface area contributed by atoms with Crippen LogP contribution in [0, 0.1) is 6.92 Å². The molecule has 1 aromatic heterocycles. The number of para-hydroxylation sites is 1. The molecule has 2 fully saturated rings. The molecule has 0 radical (unpaired) electrons. The Bertz CT molecular complexity index is 957. The number of carbonyl (C=O) groups excluding carboxylic acids is 2. The van der Waals surface area contributed by atoms with Crippen molar-refractivity contribution in [1.29, 1.82) is 0 Å². The van der Waals surface area contributed by atoms with E-state index in [9.17, 15) is 9.59 Å². The van der Waals surface area contributed by atoms with Crippen molar-refractivity contribution in [3.63, 3.8) is 0 Å². The average molecular weight is 472 g/mol. The Morgan fingerprint density at radius 2 is 1.94 bits per heavy atom. The van der Waals surface area contributed by atoms with E-state index >= 15 is 0 Å². The van der Waals surface area contributed by atoms with Crippen molar-refractivity contribution in [2.24, 2.45) is 0 Å². The number of anilines is 1. The number of hydrogen-bond acceptors (Lipinski definition) is 6. The minimum absolute atomic E-state index is 0.00150. The summed E-state index contributed by atoms with van der Waals surface area (Å²) >= 11 is 6.32. The fourth-order valence-corrected chi connectivity index (χ4v) is 4.52. The molecule has 2 amide bonds. The molecule has 4 rings (SSSR count). The highest BCUT2D eigenvalue weighted by Gasteiger charge is 2.27. The molecule has 0 aliphatic carbocycles. The number of nitrogens with zero attached hydrogens (tertiary/aromatic N) is 5. The topological polar surface area (TPSA) is 78.9 Å². The Hall–Kier alpha value is -2.71. The van der Waals surface area contributed by atoms with Crippen LogP contribution in [-0.2, 0) is 9.53 Å². The highest BCUT2D eigenvalue weighted by Crippen LogP contribution is 2.26. The first-order valence-electron chi connectivity index (χ1n) is 11.5. The summed E-state index contributed by atoms with van der Waals surface area (Å²) in [6.07, 6.45) is 5.26. The molecule has 2 aliphatic rings. The van der Waals surface area contributed by atoms with E-state index < -0.39 is 0 Å². The van der Waals surface area contributed by atoms with Gasteiger partial charge in [-0.2, -0.15) is 0 Å². The summed E-state index contributed by atoms with van der Waals surface area (Å²) in [4.78, 5) is 40.2. The zero-order valence-electron chi connectivity index (χ0n) is 19.0. The van der Waals surface area contributed by atoms with Crippen LogP contribution in [0.3, 0.4) is 0 Å². The molecule has 0 bridgehead atoms. The molecule has 2 saturated heterocycles.